The van der Waals surface area contributed by atoms with Crippen molar-refractivity contribution in [1.29, 1.82) is 0 Å². The maximum atomic E-state index is 12.6. The van der Waals surface area contributed by atoms with Crippen molar-refractivity contribution >= 4 is 34.3 Å². The number of carbonyl (C=O) groups is 1. The second-order valence-electron chi connectivity index (χ2n) is 7.43. The summed E-state index contributed by atoms with van der Waals surface area (Å²) in [5.74, 6) is 1.36. The number of halogens is 1. The number of nitrogens with zero attached hydrogens (tertiary/aromatic N) is 1. The molecule has 0 saturated heterocycles. The molecule has 0 aliphatic rings. The van der Waals surface area contributed by atoms with Crippen LogP contribution in [0.15, 0.2) is 65.1 Å². The molecule has 6 heteroatoms. The summed E-state index contributed by atoms with van der Waals surface area (Å²) in [5, 5.41) is 3.29. The van der Waals surface area contributed by atoms with E-state index < -0.39 is 0 Å². The van der Waals surface area contributed by atoms with Gasteiger partial charge in [0.1, 0.15) is 11.3 Å². The first-order valence-corrected chi connectivity index (χ1v) is 10.5. The zero-order valence-corrected chi connectivity index (χ0v) is 18.4. The van der Waals surface area contributed by atoms with Crippen LogP contribution >= 0.6 is 11.6 Å². The number of oxazole rings is 1. The number of ether oxygens (including phenoxy) is 1. The first-order valence-electron chi connectivity index (χ1n) is 10.1. The maximum Gasteiger partial charge on any atom is 0.255 e. The molecule has 5 nitrogen and oxygen atoms in total. The molecule has 0 unspecified atom stereocenters. The van der Waals surface area contributed by atoms with Crippen molar-refractivity contribution in [2.75, 3.05) is 12.4 Å². The number of methoxy groups -OCH3 is 1. The average molecular weight is 435 g/mol. The molecule has 1 atom stereocenters. The molecule has 4 rings (SSSR count). The number of hydrogen-bond acceptors (Lipinski definition) is 4. The van der Waals surface area contributed by atoms with Crippen molar-refractivity contribution in [2.24, 2.45) is 0 Å². The molecule has 3 aromatic carbocycles. The predicted molar refractivity (Wildman–Crippen MR) is 124 cm³/mol. The van der Waals surface area contributed by atoms with Gasteiger partial charge in [0.2, 0.25) is 5.89 Å². The number of nitrogens with one attached hydrogen (secondary N) is 1. The van der Waals surface area contributed by atoms with E-state index in [1.807, 2.05) is 12.1 Å². The largest absolute Gasteiger partial charge is 0.497 e. The fraction of sp³-hybridized carbons (Fsp3) is 0.200. The normalized spacial score (nSPS) is 12.0. The van der Waals surface area contributed by atoms with Gasteiger partial charge in [0.05, 0.1) is 17.8 Å². The van der Waals surface area contributed by atoms with Crippen LogP contribution in [0.2, 0.25) is 5.02 Å². The second-order valence-corrected chi connectivity index (χ2v) is 7.84. The van der Waals surface area contributed by atoms with E-state index in [1.165, 1.54) is 5.56 Å². The maximum absolute atomic E-state index is 12.6. The van der Waals surface area contributed by atoms with E-state index in [9.17, 15) is 4.79 Å². The van der Waals surface area contributed by atoms with Gasteiger partial charge in [0.25, 0.3) is 5.91 Å². The van der Waals surface area contributed by atoms with Gasteiger partial charge in [-0.2, -0.15) is 0 Å². The minimum Gasteiger partial charge on any atom is -0.497 e. The molecule has 1 N–H and O–H groups in total. The molecule has 0 aliphatic carbocycles. The van der Waals surface area contributed by atoms with Crippen molar-refractivity contribution in [1.82, 2.24) is 4.98 Å². The average Bonchev–Trinajstić information content (AvgIpc) is 3.23. The van der Waals surface area contributed by atoms with Crippen LogP contribution < -0.4 is 10.1 Å². The molecule has 1 heterocycles. The standard InChI is InChI=1S/C25H23ClN2O3/c1-4-15(2)17-8-12-23-22(13-17)28-25(31-23)18-7-11-20(26)21(14-18)27-24(29)16-5-9-19(30-3)10-6-16/h5-15H,4H2,1-3H3,(H,27,29)/t15-/m0/s1. The zero-order chi connectivity index (χ0) is 22.0. The molecule has 0 aliphatic heterocycles. The summed E-state index contributed by atoms with van der Waals surface area (Å²) in [5.41, 5.74) is 4.49. The van der Waals surface area contributed by atoms with Crippen LogP contribution in [0.5, 0.6) is 5.75 Å². The Hall–Kier alpha value is -3.31. The lowest BCUT2D eigenvalue weighted by Gasteiger charge is -2.09. The van der Waals surface area contributed by atoms with E-state index in [4.69, 9.17) is 20.8 Å². The molecule has 1 aromatic heterocycles. The summed E-state index contributed by atoms with van der Waals surface area (Å²) in [7, 11) is 1.58. The summed E-state index contributed by atoms with van der Waals surface area (Å²) in [6.45, 7) is 4.36. The molecule has 1 amide bonds. The van der Waals surface area contributed by atoms with Crippen LogP contribution in [-0.4, -0.2) is 18.0 Å². The number of rotatable bonds is 6. The van der Waals surface area contributed by atoms with Gasteiger partial charge in [-0.1, -0.05) is 31.5 Å². The van der Waals surface area contributed by atoms with Crippen molar-refractivity contribution in [3.05, 3.63) is 76.8 Å². The molecule has 0 saturated carbocycles. The van der Waals surface area contributed by atoms with Gasteiger partial charge in [-0.3, -0.25) is 4.79 Å². The van der Waals surface area contributed by atoms with Gasteiger partial charge in [0.15, 0.2) is 5.58 Å². The van der Waals surface area contributed by atoms with Crippen molar-refractivity contribution in [2.45, 2.75) is 26.2 Å². The Morgan fingerprint density at radius 2 is 1.90 bits per heavy atom. The highest BCUT2D eigenvalue weighted by atomic mass is 35.5. The molecule has 31 heavy (non-hydrogen) atoms. The van der Waals surface area contributed by atoms with Gasteiger partial charge in [-0.15, -0.1) is 0 Å². The lowest BCUT2D eigenvalue weighted by molar-refractivity contribution is 0.102. The third-order valence-corrected chi connectivity index (χ3v) is 5.74. The third kappa shape index (κ3) is 4.42. The van der Waals surface area contributed by atoms with Crippen LogP contribution in [0.3, 0.4) is 0 Å². The van der Waals surface area contributed by atoms with Gasteiger partial charge >= 0.3 is 0 Å². The zero-order valence-electron chi connectivity index (χ0n) is 17.6. The number of hydrogen-bond donors (Lipinski definition) is 1. The number of amides is 1. The number of benzene rings is 3. The van der Waals surface area contributed by atoms with Crippen molar-refractivity contribution < 1.29 is 13.9 Å². The minimum atomic E-state index is -0.266. The van der Waals surface area contributed by atoms with Gasteiger partial charge in [0, 0.05) is 11.1 Å². The Balaban J connectivity index is 1.61. The predicted octanol–water partition coefficient (Wildman–Crippen LogP) is 6.92. The van der Waals surface area contributed by atoms with E-state index in [0.717, 1.165) is 23.1 Å². The number of anilines is 1. The van der Waals surface area contributed by atoms with E-state index in [1.54, 1.807) is 43.5 Å². The highest BCUT2D eigenvalue weighted by Crippen LogP contribution is 2.32. The smallest absolute Gasteiger partial charge is 0.255 e. The van der Waals surface area contributed by atoms with Crippen LogP contribution in [0.25, 0.3) is 22.6 Å². The van der Waals surface area contributed by atoms with Crippen molar-refractivity contribution in [3.8, 4) is 17.2 Å². The van der Waals surface area contributed by atoms with E-state index >= 15 is 0 Å². The van der Waals surface area contributed by atoms with Crippen LogP contribution in [0.1, 0.15) is 42.1 Å². The van der Waals surface area contributed by atoms with Crippen molar-refractivity contribution in [3.63, 3.8) is 0 Å². The summed E-state index contributed by atoms with van der Waals surface area (Å²) in [6.07, 6.45) is 1.06. The van der Waals surface area contributed by atoms with Crippen LogP contribution in [-0.2, 0) is 0 Å². The number of aromatic nitrogens is 1. The molecule has 0 bridgehead atoms. The minimum absolute atomic E-state index is 0.266. The number of fused-ring (bicyclic) bond motifs is 1. The highest BCUT2D eigenvalue weighted by Gasteiger charge is 2.14. The Kier molecular flexibility index (Phi) is 5.96. The van der Waals surface area contributed by atoms with Crippen LogP contribution in [0, 0.1) is 0 Å². The second kappa shape index (κ2) is 8.82. The summed E-state index contributed by atoms with van der Waals surface area (Å²) < 4.78 is 11.1. The SMILES string of the molecule is CC[C@H](C)c1ccc2oc(-c3ccc(Cl)c(NC(=O)c4ccc(OC)cc4)c3)nc2c1. The summed E-state index contributed by atoms with van der Waals surface area (Å²) in [4.78, 5) is 17.3. The molecule has 0 spiro atoms. The molecular weight excluding hydrogens is 412 g/mol. The van der Waals surface area contributed by atoms with E-state index in [0.29, 0.717) is 33.8 Å². The molecule has 0 fully saturated rings. The van der Waals surface area contributed by atoms with Gasteiger partial charge in [-0.05, 0) is 72.5 Å². The molecular formula is C25H23ClN2O3. The molecule has 4 aromatic rings. The van der Waals surface area contributed by atoms with E-state index in [2.05, 4.69) is 36.3 Å². The lowest BCUT2D eigenvalue weighted by atomic mass is 9.98. The summed E-state index contributed by atoms with van der Waals surface area (Å²) in [6, 6.07) is 18.3. The topological polar surface area (TPSA) is 64.4 Å². The quantitative estimate of drug-likeness (QED) is 0.357. The Labute approximate surface area is 186 Å². The van der Waals surface area contributed by atoms with Gasteiger partial charge < -0.3 is 14.5 Å². The van der Waals surface area contributed by atoms with E-state index in [-0.39, 0.29) is 5.91 Å². The molecule has 158 valence electrons. The fourth-order valence-corrected chi connectivity index (χ4v) is 3.47. The Bertz CT molecular complexity index is 1230. The lowest BCUT2D eigenvalue weighted by Crippen LogP contribution is -2.12. The first-order chi connectivity index (χ1) is 15.0. The number of carbonyl (C=O) groups excluding carboxylic acids is 1. The van der Waals surface area contributed by atoms with Gasteiger partial charge in [-0.25, -0.2) is 4.98 Å². The summed E-state index contributed by atoms with van der Waals surface area (Å²) >= 11 is 6.33. The Morgan fingerprint density at radius 1 is 1.13 bits per heavy atom. The monoisotopic (exact) mass is 434 g/mol. The Morgan fingerprint density at radius 3 is 2.61 bits per heavy atom. The molecule has 0 radical (unpaired) electrons. The fourth-order valence-electron chi connectivity index (χ4n) is 3.30. The third-order valence-electron chi connectivity index (χ3n) is 5.41. The van der Waals surface area contributed by atoms with Crippen LogP contribution in [0.4, 0.5) is 5.69 Å². The first kappa shape index (κ1) is 20.9. The highest BCUT2D eigenvalue weighted by molar-refractivity contribution is 6.34.